The van der Waals surface area contributed by atoms with Crippen LogP contribution >= 0.6 is 0 Å². The molecule has 3 heteroatoms. The van der Waals surface area contributed by atoms with Gasteiger partial charge in [0.1, 0.15) is 11.2 Å². The molecule has 1 aromatic heterocycles. The van der Waals surface area contributed by atoms with Crippen LogP contribution in [0.4, 0.5) is 17.1 Å². The highest BCUT2D eigenvalue weighted by Gasteiger charge is 2.56. The third-order valence-corrected chi connectivity index (χ3v) is 16.4. The van der Waals surface area contributed by atoms with E-state index in [0.29, 0.717) is 0 Å². The number of hydrogen-bond acceptors (Lipinski definition) is 2. The van der Waals surface area contributed by atoms with Crippen molar-refractivity contribution in [1.82, 2.24) is 9.55 Å². The molecule has 0 saturated carbocycles. The zero-order valence-corrected chi connectivity index (χ0v) is 39.2. The van der Waals surface area contributed by atoms with Crippen molar-refractivity contribution in [2.24, 2.45) is 0 Å². The summed E-state index contributed by atoms with van der Waals surface area (Å²) in [6, 6.07) is 96.9. The number of aromatic nitrogens is 2. The first-order valence-corrected chi connectivity index (χ1v) is 25.0. The number of benzene rings is 11. The van der Waals surface area contributed by atoms with E-state index in [1.807, 2.05) is 0 Å². The molecule has 0 fully saturated rings. The highest BCUT2D eigenvalue weighted by molar-refractivity contribution is 5.98. The van der Waals surface area contributed by atoms with Gasteiger partial charge in [-0.3, -0.25) is 4.57 Å². The van der Waals surface area contributed by atoms with Gasteiger partial charge >= 0.3 is 0 Å². The van der Waals surface area contributed by atoms with Crippen LogP contribution in [0, 0.1) is 0 Å². The molecule has 0 atom stereocenters. The molecule has 0 amide bonds. The van der Waals surface area contributed by atoms with E-state index in [9.17, 15) is 0 Å². The third kappa shape index (κ3) is 5.01. The largest absolute Gasteiger partial charge is 0.310 e. The van der Waals surface area contributed by atoms with E-state index < -0.39 is 10.8 Å². The van der Waals surface area contributed by atoms with E-state index in [1.54, 1.807) is 0 Å². The summed E-state index contributed by atoms with van der Waals surface area (Å²) in [6.45, 7) is 0. The predicted molar refractivity (Wildman–Crippen MR) is 294 cm³/mol. The molecule has 3 nitrogen and oxygen atoms in total. The maximum atomic E-state index is 5.61. The van der Waals surface area contributed by atoms with Crippen molar-refractivity contribution >= 4 is 28.1 Å². The Bertz CT molecular complexity index is 4110. The number of nitrogens with zero attached hydrogens (tertiary/aromatic N) is 3. The molecule has 12 aromatic rings. The normalized spacial score (nSPS) is 14.1. The smallest absolute Gasteiger partial charge is 0.134 e. The van der Waals surface area contributed by atoms with Crippen molar-refractivity contribution in [2.75, 3.05) is 4.90 Å². The van der Waals surface area contributed by atoms with Crippen molar-refractivity contribution in [1.29, 1.82) is 0 Å². The summed E-state index contributed by atoms with van der Waals surface area (Å²) in [4.78, 5) is 8.10. The van der Waals surface area contributed by atoms with Crippen molar-refractivity contribution in [3.05, 3.63) is 306 Å². The van der Waals surface area contributed by atoms with E-state index in [4.69, 9.17) is 4.98 Å². The van der Waals surface area contributed by atoms with Crippen molar-refractivity contribution < 1.29 is 0 Å². The quantitative estimate of drug-likeness (QED) is 0.172. The molecule has 0 bridgehead atoms. The van der Waals surface area contributed by atoms with Crippen LogP contribution < -0.4 is 4.90 Å². The molecule has 2 heterocycles. The van der Waals surface area contributed by atoms with E-state index in [0.717, 1.165) is 39.6 Å². The highest BCUT2D eigenvalue weighted by Crippen LogP contribution is 2.65. The maximum absolute atomic E-state index is 5.61. The fourth-order valence-corrected chi connectivity index (χ4v) is 13.6. The number of rotatable bonds is 5. The summed E-state index contributed by atoms with van der Waals surface area (Å²) in [5.41, 5.74) is 27.1. The summed E-state index contributed by atoms with van der Waals surface area (Å²) in [5, 5.41) is 0. The Balaban J connectivity index is 0.905. The molecule has 0 N–H and O–H groups in total. The summed E-state index contributed by atoms with van der Waals surface area (Å²) in [5.74, 6) is 1.03. The molecule has 334 valence electrons. The molecule has 2 spiro atoms. The Kier molecular flexibility index (Phi) is 8.02. The van der Waals surface area contributed by atoms with Gasteiger partial charge in [0.2, 0.25) is 0 Å². The molecule has 0 radical (unpaired) electrons. The van der Waals surface area contributed by atoms with Gasteiger partial charge in [0, 0.05) is 16.9 Å². The predicted octanol–water partition coefficient (Wildman–Crippen LogP) is 16.8. The SMILES string of the molecule is c1ccc(-c2ccc(N(c3ccc(-c4ccc5c(c4)C4(c6ccccc6-c6ccccc64)c4ccccc4-5)cc3)c3cccc4c3C3(c5ccccc5-c5ccccc53)c3nc5ccccc5n3-4)cc2)cc1. The third-order valence-electron chi connectivity index (χ3n) is 16.4. The van der Waals surface area contributed by atoms with E-state index in [2.05, 4.69) is 270 Å². The monoisotopic (exact) mass is 913 g/mol. The van der Waals surface area contributed by atoms with E-state index >= 15 is 0 Å². The first-order chi connectivity index (χ1) is 35.7. The number of hydrogen-bond donors (Lipinski definition) is 0. The van der Waals surface area contributed by atoms with E-state index in [1.165, 1.54) is 94.6 Å². The Hall–Kier alpha value is -9.31. The lowest BCUT2D eigenvalue weighted by atomic mass is 9.70. The van der Waals surface area contributed by atoms with Gasteiger partial charge < -0.3 is 4.90 Å². The first-order valence-electron chi connectivity index (χ1n) is 25.0. The fraction of sp³-hybridized carbons (Fsp3) is 0.0290. The van der Waals surface area contributed by atoms with Crippen LogP contribution in [-0.4, -0.2) is 9.55 Å². The summed E-state index contributed by atoms with van der Waals surface area (Å²) in [6.07, 6.45) is 0. The average Bonchev–Trinajstić information content (AvgIpc) is 4.22. The van der Waals surface area contributed by atoms with Crippen LogP contribution in [0.3, 0.4) is 0 Å². The van der Waals surface area contributed by atoms with Gasteiger partial charge in [-0.1, -0.05) is 206 Å². The molecule has 4 aliphatic rings. The minimum Gasteiger partial charge on any atom is -0.310 e. The Morgan fingerprint density at radius 1 is 0.319 bits per heavy atom. The van der Waals surface area contributed by atoms with E-state index in [-0.39, 0.29) is 0 Å². The Morgan fingerprint density at radius 2 is 0.750 bits per heavy atom. The number of anilines is 3. The van der Waals surface area contributed by atoms with Gasteiger partial charge in [-0.15, -0.1) is 0 Å². The van der Waals surface area contributed by atoms with Crippen LogP contribution in [0.15, 0.2) is 261 Å². The molecule has 3 aliphatic carbocycles. The minimum absolute atomic E-state index is 0.405. The average molecular weight is 914 g/mol. The molecular formula is C69H43N3. The molecule has 1 aliphatic heterocycles. The summed E-state index contributed by atoms with van der Waals surface area (Å²) in [7, 11) is 0. The van der Waals surface area contributed by atoms with Crippen LogP contribution in [0.1, 0.15) is 44.8 Å². The molecular weight excluding hydrogens is 871 g/mol. The Morgan fingerprint density at radius 3 is 1.31 bits per heavy atom. The van der Waals surface area contributed by atoms with Crippen LogP contribution in [0.2, 0.25) is 0 Å². The topological polar surface area (TPSA) is 21.1 Å². The number of fused-ring (bicyclic) bond motifs is 22. The fourth-order valence-electron chi connectivity index (χ4n) is 13.6. The van der Waals surface area contributed by atoms with Gasteiger partial charge in [-0.2, -0.15) is 0 Å². The van der Waals surface area contributed by atoms with Gasteiger partial charge in [0.05, 0.1) is 27.8 Å². The van der Waals surface area contributed by atoms with Gasteiger partial charge in [-0.05, 0) is 144 Å². The first kappa shape index (κ1) is 39.5. The lowest BCUT2D eigenvalue weighted by Gasteiger charge is -2.34. The zero-order chi connectivity index (χ0) is 47.1. The minimum atomic E-state index is -0.685. The molecule has 16 rings (SSSR count). The standard InChI is InChI=1S/C69H43N3/c1-2-17-44(18-3-1)45-33-38-48(39-34-45)71(64-31-16-32-65-66(64)69(67-70-62-29-14-15-30-63(62)72(65)67)59-27-12-7-21-52(59)53-22-8-13-28-60(53)69)49-40-35-46(36-41-49)47-37-42-55-54-23-6-11-26-58(54)68(61(55)43-47)56-24-9-4-19-50(56)51-20-5-10-25-57(51)68/h1-43H. The second-order valence-electron chi connectivity index (χ2n) is 19.7. The van der Waals surface area contributed by atoms with Gasteiger partial charge in [-0.25, -0.2) is 4.98 Å². The molecule has 72 heavy (non-hydrogen) atoms. The second kappa shape index (κ2) is 14.6. The summed E-state index contributed by atoms with van der Waals surface area (Å²) < 4.78 is 2.44. The number of imidazole rings is 1. The lowest BCUT2D eigenvalue weighted by molar-refractivity contribution is 0.738. The van der Waals surface area contributed by atoms with Crippen molar-refractivity contribution in [3.8, 4) is 61.3 Å². The van der Waals surface area contributed by atoms with Crippen LogP contribution in [0.25, 0.3) is 72.4 Å². The molecule has 0 unspecified atom stereocenters. The highest BCUT2D eigenvalue weighted by atomic mass is 15.2. The molecule has 0 saturated heterocycles. The van der Waals surface area contributed by atoms with Crippen molar-refractivity contribution in [3.63, 3.8) is 0 Å². The maximum Gasteiger partial charge on any atom is 0.134 e. The van der Waals surface area contributed by atoms with Crippen molar-refractivity contribution in [2.45, 2.75) is 10.8 Å². The van der Waals surface area contributed by atoms with Gasteiger partial charge in [0.25, 0.3) is 0 Å². The molecule has 11 aromatic carbocycles. The summed E-state index contributed by atoms with van der Waals surface area (Å²) >= 11 is 0. The zero-order valence-electron chi connectivity index (χ0n) is 39.2. The van der Waals surface area contributed by atoms with Crippen LogP contribution in [0.5, 0.6) is 0 Å². The number of para-hydroxylation sites is 2. The Labute approximate surface area is 418 Å². The lowest BCUT2D eigenvalue weighted by Crippen LogP contribution is -2.29. The second-order valence-corrected chi connectivity index (χ2v) is 19.7. The van der Waals surface area contributed by atoms with Crippen LogP contribution in [-0.2, 0) is 10.8 Å². The van der Waals surface area contributed by atoms with Gasteiger partial charge in [0.15, 0.2) is 0 Å².